The lowest BCUT2D eigenvalue weighted by Crippen LogP contribution is -2.10. The molecule has 0 spiro atoms. The van der Waals surface area contributed by atoms with Crippen molar-refractivity contribution >= 4 is 91.9 Å². The van der Waals surface area contributed by atoms with Crippen LogP contribution in [-0.2, 0) is 0 Å². The molecule has 0 aliphatic carbocycles. The van der Waals surface area contributed by atoms with Crippen LogP contribution in [-0.4, -0.2) is 4.57 Å². The molecule has 0 aliphatic rings. The third-order valence-corrected chi connectivity index (χ3v) is 13.1. The Balaban J connectivity index is 1.01. The van der Waals surface area contributed by atoms with E-state index in [9.17, 15) is 0 Å². The molecular formula is C56H36N2S. The highest BCUT2D eigenvalue weighted by atomic mass is 32.1. The summed E-state index contributed by atoms with van der Waals surface area (Å²) >= 11 is 1.86. The Morgan fingerprint density at radius 3 is 1.76 bits per heavy atom. The van der Waals surface area contributed by atoms with Gasteiger partial charge in [-0.15, -0.1) is 11.3 Å². The van der Waals surface area contributed by atoms with Crippen LogP contribution in [0.15, 0.2) is 218 Å². The van der Waals surface area contributed by atoms with Gasteiger partial charge in [0.2, 0.25) is 0 Å². The number of nitrogens with zero attached hydrogens (tertiary/aromatic N) is 2. The van der Waals surface area contributed by atoms with E-state index in [-0.39, 0.29) is 0 Å². The van der Waals surface area contributed by atoms with E-state index in [1.54, 1.807) is 0 Å². The summed E-state index contributed by atoms with van der Waals surface area (Å²) in [7, 11) is 0. The molecule has 0 aliphatic heterocycles. The molecule has 59 heavy (non-hydrogen) atoms. The zero-order chi connectivity index (χ0) is 38.9. The molecule has 0 saturated heterocycles. The first-order chi connectivity index (χ1) is 29.3. The molecule has 0 unspecified atom stereocenters. The van der Waals surface area contributed by atoms with E-state index in [2.05, 4.69) is 228 Å². The molecule has 0 radical (unpaired) electrons. The number of hydrogen-bond acceptors (Lipinski definition) is 2. The number of rotatable bonds is 6. The van der Waals surface area contributed by atoms with Gasteiger partial charge in [0.25, 0.3) is 0 Å². The number of para-hydroxylation sites is 1. The largest absolute Gasteiger partial charge is 0.310 e. The summed E-state index contributed by atoms with van der Waals surface area (Å²) in [5, 5.41) is 10.1. The fraction of sp³-hybridized carbons (Fsp3) is 0. The summed E-state index contributed by atoms with van der Waals surface area (Å²) in [6.07, 6.45) is 0. The lowest BCUT2D eigenvalue weighted by molar-refractivity contribution is 1.19. The van der Waals surface area contributed by atoms with Crippen LogP contribution in [0.4, 0.5) is 17.1 Å². The Morgan fingerprint density at radius 2 is 0.966 bits per heavy atom. The molecule has 0 fully saturated rings. The van der Waals surface area contributed by atoms with Gasteiger partial charge >= 0.3 is 0 Å². The van der Waals surface area contributed by atoms with Crippen molar-refractivity contribution in [1.82, 2.24) is 4.57 Å². The second kappa shape index (κ2) is 13.6. The standard InChI is InChI=1S/C56H36N2S/c1-2-15-42(16-3-1)58-52-36-41(29-34-48(52)49-35-28-39-13-5-7-18-47(39)56(49)58)37-24-30-43(31-25-37)57(51-21-11-23-54-55(51)50-19-8-9-22-53(50)59-54)44-32-26-40(27-33-44)46-20-10-14-38-12-4-6-17-45(38)46/h1-36H. The minimum absolute atomic E-state index is 1.11. The third kappa shape index (κ3) is 5.47. The monoisotopic (exact) mass is 768 g/mol. The van der Waals surface area contributed by atoms with Gasteiger partial charge in [-0.25, -0.2) is 0 Å². The fourth-order valence-electron chi connectivity index (χ4n) is 9.24. The van der Waals surface area contributed by atoms with Crippen molar-refractivity contribution in [2.75, 3.05) is 4.90 Å². The molecule has 12 rings (SSSR count). The molecule has 0 atom stereocenters. The van der Waals surface area contributed by atoms with Gasteiger partial charge in [-0.05, 0) is 99.1 Å². The third-order valence-electron chi connectivity index (χ3n) is 12.0. The van der Waals surface area contributed by atoms with Gasteiger partial charge in [0.15, 0.2) is 0 Å². The van der Waals surface area contributed by atoms with E-state index in [1.807, 2.05) is 11.3 Å². The number of fused-ring (bicyclic) bond motifs is 9. The number of anilines is 3. The van der Waals surface area contributed by atoms with Crippen LogP contribution in [0.25, 0.3) is 91.5 Å². The van der Waals surface area contributed by atoms with Crippen molar-refractivity contribution in [2.24, 2.45) is 0 Å². The zero-order valence-electron chi connectivity index (χ0n) is 32.1. The molecule has 0 saturated carbocycles. The zero-order valence-corrected chi connectivity index (χ0v) is 32.9. The lowest BCUT2D eigenvalue weighted by Gasteiger charge is -2.27. The molecule has 276 valence electrons. The summed E-state index contributed by atoms with van der Waals surface area (Å²) < 4.78 is 5.03. The number of thiophene rings is 1. The Labute approximate surface area is 346 Å². The topological polar surface area (TPSA) is 8.17 Å². The molecule has 0 amide bonds. The van der Waals surface area contributed by atoms with Gasteiger partial charge in [0.1, 0.15) is 0 Å². The number of benzene rings is 10. The predicted octanol–water partition coefficient (Wildman–Crippen LogP) is 16.3. The summed E-state index contributed by atoms with van der Waals surface area (Å²) in [4.78, 5) is 2.43. The maximum atomic E-state index is 2.44. The highest BCUT2D eigenvalue weighted by Gasteiger charge is 2.20. The van der Waals surface area contributed by atoms with Gasteiger partial charge in [-0.3, -0.25) is 0 Å². The minimum Gasteiger partial charge on any atom is -0.310 e. The molecule has 2 nitrogen and oxygen atoms in total. The Kier molecular flexibility index (Phi) is 7.75. The molecule has 0 bridgehead atoms. The average Bonchev–Trinajstić information content (AvgIpc) is 3.86. The Bertz CT molecular complexity index is 3540. The quantitative estimate of drug-likeness (QED) is 0.164. The van der Waals surface area contributed by atoms with Gasteiger partial charge in [0, 0.05) is 53.4 Å². The second-order valence-electron chi connectivity index (χ2n) is 15.3. The Morgan fingerprint density at radius 1 is 0.373 bits per heavy atom. The van der Waals surface area contributed by atoms with Gasteiger partial charge in [-0.2, -0.15) is 0 Å². The van der Waals surface area contributed by atoms with E-state index in [1.165, 1.54) is 91.5 Å². The van der Waals surface area contributed by atoms with Crippen LogP contribution in [0.5, 0.6) is 0 Å². The average molecular weight is 769 g/mol. The van der Waals surface area contributed by atoms with Gasteiger partial charge < -0.3 is 9.47 Å². The van der Waals surface area contributed by atoms with E-state index >= 15 is 0 Å². The molecule has 2 aromatic heterocycles. The summed E-state index contributed by atoms with van der Waals surface area (Å²) in [5.74, 6) is 0. The Hall–Kier alpha value is -7.46. The van der Waals surface area contributed by atoms with Crippen molar-refractivity contribution in [3.05, 3.63) is 218 Å². The fourth-order valence-corrected chi connectivity index (χ4v) is 10.4. The highest BCUT2D eigenvalue weighted by Crippen LogP contribution is 2.46. The molecule has 10 aromatic carbocycles. The van der Waals surface area contributed by atoms with E-state index in [0.717, 1.165) is 17.1 Å². The highest BCUT2D eigenvalue weighted by molar-refractivity contribution is 7.26. The molecule has 0 N–H and O–H groups in total. The van der Waals surface area contributed by atoms with Crippen LogP contribution in [0.3, 0.4) is 0 Å². The first-order valence-corrected chi connectivity index (χ1v) is 21.0. The van der Waals surface area contributed by atoms with Crippen molar-refractivity contribution in [1.29, 1.82) is 0 Å². The van der Waals surface area contributed by atoms with E-state index in [4.69, 9.17) is 0 Å². The van der Waals surface area contributed by atoms with Crippen LogP contribution >= 0.6 is 11.3 Å². The minimum atomic E-state index is 1.11. The summed E-state index contributed by atoms with van der Waals surface area (Å²) in [6, 6.07) is 79.9. The molecule has 2 heterocycles. The maximum absolute atomic E-state index is 2.44. The molecule has 12 aromatic rings. The van der Waals surface area contributed by atoms with Crippen LogP contribution in [0, 0.1) is 0 Å². The summed E-state index contributed by atoms with van der Waals surface area (Å²) in [5.41, 5.74) is 11.8. The van der Waals surface area contributed by atoms with Crippen molar-refractivity contribution in [3.63, 3.8) is 0 Å². The van der Waals surface area contributed by atoms with Crippen LogP contribution < -0.4 is 4.90 Å². The lowest BCUT2D eigenvalue weighted by atomic mass is 9.98. The van der Waals surface area contributed by atoms with Gasteiger partial charge in [-0.1, -0.05) is 158 Å². The van der Waals surface area contributed by atoms with Crippen molar-refractivity contribution < 1.29 is 0 Å². The van der Waals surface area contributed by atoms with Crippen LogP contribution in [0.2, 0.25) is 0 Å². The first-order valence-electron chi connectivity index (χ1n) is 20.2. The van der Waals surface area contributed by atoms with E-state index < -0.39 is 0 Å². The first kappa shape index (κ1) is 33.7. The SMILES string of the molecule is c1ccc(-n2c3cc(-c4ccc(N(c5ccc(-c6cccc7ccccc67)cc5)c5cccc6sc7ccccc7c56)cc4)ccc3c3ccc4ccccc4c32)cc1. The normalized spacial score (nSPS) is 11.7. The smallest absolute Gasteiger partial charge is 0.0619 e. The van der Waals surface area contributed by atoms with Crippen molar-refractivity contribution in [3.8, 4) is 27.9 Å². The maximum Gasteiger partial charge on any atom is 0.0619 e. The number of hydrogen-bond donors (Lipinski definition) is 0. The van der Waals surface area contributed by atoms with E-state index in [0.29, 0.717) is 0 Å². The van der Waals surface area contributed by atoms with Crippen LogP contribution in [0.1, 0.15) is 0 Å². The van der Waals surface area contributed by atoms with Crippen molar-refractivity contribution in [2.45, 2.75) is 0 Å². The van der Waals surface area contributed by atoms with Gasteiger partial charge in [0.05, 0.1) is 16.7 Å². The molecule has 3 heteroatoms. The second-order valence-corrected chi connectivity index (χ2v) is 16.4. The summed E-state index contributed by atoms with van der Waals surface area (Å²) in [6.45, 7) is 0. The predicted molar refractivity (Wildman–Crippen MR) is 254 cm³/mol. The number of aromatic nitrogens is 1. The molecular weight excluding hydrogens is 733 g/mol.